The van der Waals surface area contributed by atoms with Gasteiger partial charge in [-0.25, -0.2) is 4.39 Å². The molecule has 2 rings (SSSR count). The van der Waals surface area contributed by atoms with Gasteiger partial charge < -0.3 is 10.6 Å². The van der Waals surface area contributed by atoms with E-state index in [-0.39, 0.29) is 23.4 Å². The third kappa shape index (κ3) is 3.25. The third-order valence-corrected chi connectivity index (χ3v) is 3.88. The molecule has 0 spiro atoms. The molecule has 1 aromatic carbocycles. The Labute approximate surface area is 117 Å². The van der Waals surface area contributed by atoms with Gasteiger partial charge in [0.2, 0.25) is 0 Å². The smallest absolute Gasteiger partial charge is 0.256 e. The van der Waals surface area contributed by atoms with Crippen molar-refractivity contribution >= 4 is 17.5 Å². The van der Waals surface area contributed by atoms with E-state index < -0.39 is 5.82 Å². The lowest BCUT2D eigenvalue weighted by atomic mass is 9.92. The van der Waals surface area contributed by atoms with Crippen LogP contribution in [0.4, 0.5) is 4.39 Å². The van der Waals surface area contributed by atoms with E-state index in [0.29, 0.717) is 18.1 Å². The summed E-state index contributed by atoms with van der Waals surface area (Å²) in [6, 6.07) is 4.09. The van der Waals surface area contributed by atoms with Gasteiger partial charge in [-0.1, -0.05) is 11.6 Å². The zero-order chi connectivity index (χ0) is 14.0. The number of carbonyl (C=O) groups is 1. The van der Waals surface area contributed by atoms with Crippen molar-refractivity contribution in [2.45, 2.75) is 25.8 Å². The van der Waals surface area contributed by atoms with E-state index in [4.69, 9.17) is 17.3 Å². The standard InChI is InChI=1S/C14H18ClFN2O/c1-9(17)10-3-2-6-18(8-10)14(19)12-7-11(15)4-5-13(12)16/h4-5,7,9-10H,2-3,6,8,17H2,1H3. The molecule has 0 aliphatic carbocycles. The summed E-state index contributed by atoms with van der Waals surface area (Å²) in [5.74, 6) is -0.553. The summed E-state index contributed by atoms with van der Waals surface area (Å²) in [4.78, 5) is 14.0. The van der Waals surface area contributed by atoms with Gasteiger partial charge in [-0.15, -0.1) is 0 Å². The third-order valence-electron chi connectivity index (χ3n) is 3.65. The van der Waals surface area contributed by atoms with Crippen molar-refractivity contribution in [2.24, 2.45) is 11.7 Å². The summed E-state index contributed by atoms with van der Waals surface area (Å²) >= 11 is 5.82. The van der Waals surface area contributed by atoms with Crippen molar-refractivity contribution in [3.63, 3.8) is 0 Å². The molecule has 3 nitrogen and oxygen atoms in total. The van der Waals surface area contributed by atoms with Crippen LogP contribution in [-0.4, -0.2) is 29.9 Å². The van der Waals surface area contributed by atoms with Gasteiger partial charge in [-0.2, -0.15) is 0 Å². The Morgan fingerprint density at radius 2 is 2.32 bits per heavy atom. The Morgan fingerprint density at radius 1 is 1.58 bits per heavy atom. The van der Waals surface area contributed by atoms with Crippen molar-refractivity contribution in [1.29, 1.82) is 0 Å². The van der Waals surface area contributed by atoms with Crippen molar-refractivity contribution < 1.29 is 9.18 Å². The maximum absolute atomic E-state index is 13.7. The first kappa shape index (κ1) is 14.3. The molecule has 2 atom stereocenters. The molecule has 0 radical (unpaired) electrons. The fourth-order valence-electron chi connectivity index (χ4n) is 2.46. The molecule has 0 bridgehead atoms. The number of nitrogens with two attached hydrogens (primary N) is 1. The molecule has 1 fully saturated rings. The van der Waals surface area contributed by atoms with Crippen LogP contribution in [0.25, 0.3) is 0 Å². The van der Waals surface area contributed by atoms with Crippen molar-refractivity contribution in [2.75, 3.05) is 13.1 Å². The Hall–Kier alpha value is -1.13. The largest absolute Gasteiger partial charge is 0.338 e. The van der Waals surface area contributed by atoms with Gasteiger partial charge in [-0.05, 0) is 43.9 Å². The average molecular weight is 285 g/mol. The van der Waals surface area contributed by atoms with E-state index in [9.17, 15) is 9.18 Å². The minimum absolute atomic E-state index is 0.0397. The monoisotopic (exact) mass is 284 g/mol. The van der Waals surface area contributed by atoms with Gasteiger partial charge in [0, 0.05) is 24.2 Å². The molecule has 19 heavy (non-hydrogen) atoms. The normalized spacial score (nSPS) is 21.3. The second-order valence-corrected chi connectivity index (χ2v) is 5.57. The summed E-state index contributed by atoms with van der Waals surface area (Å²) in [7, 11) is 0. The van der Waals surface area contributed by atoms with Crippen molar-refractivity contribution in [3.8, 4) is 0 Å². The number of likely N-dealkylation sites (tertiary alicyclic amines) is 1. The summed E-state index contributed by atoms with van der Waals surface area (Å²) in [6.45, 7) is 3.18. The van der Waals surface area contributed by atoms with Crippen LogP contribution < -0.4 is 5.73 Å². The highest BCUT2D eigenvalue weighted by Crippen LogP contribution is 2.22. The van der Waals surface area contributed by atoms with E-state index in [0.717, 1.165) is 12.8 Å². The molecule has 5 heteroatoms. The van der Waals surface area contributed by atoms with Crippen LogP contribution in [0.15, 0.2) is 18.2 Å². The summed E-state index contributed by atoms with van der Waals surface area (Å²) in [6.07, 6.45) is 1.92. The zero-order valence-corrected chi connectivity index (χ0v) is 11.7. The highest BCUT2D eigenvalue weighted by Gasteiger charge is 2.27. The summed E-state index contributed by atoms with van der Waals surface area (Å²) in [5.41, 5.74) is 5.93. The Morgan fingerprint density at radius 3 is 3.00 bits per heavy atom. The Balaban J connectivity index is 2.17. The van der Waals surface area contributed by atoms with Gasteiger partial charge in [0.15, 0.2) is 0 Å². The number of nitrogens with zero attached hydrogens (tertiary/aromatic N) is 1. The molecule has 1 aromatic rings. The zero-order valence-electron chi connectivity index (χ0n) is 10.9. The topological polar surface area (TPSA) is 46.3 Å². The van der Waals surface area contributed by atoms with E-state index in [1.807, 2.05) is 6.92 Å². The maximum Gasteiger partial charge on any atom is 0.256 e. The molecule has 0 saturated carbocycles. The van der Waals surface area contributed by atoms with Crippen molar-refractivity contribution in [1.82, 2.24) is 4.90 Å². The first-order valence-corrected chi connectivity index (χ1v) is 6.86. The lowest BCUT2D eigenvalue weighted by Gasteiger charge is -2.34. The molecule has 1 saturated heterocycles. The number of amides is 1. The quantitative estimate of drug-likeness (QED) is 0.907. The molecule has 1 aliphatic heterocycles. The lowest BCUT2D eigenvalue weighted by molar-refractivity contribution is 0.0656. The van der Waals surface area contributed by atoms with Gasteiger partial charge in [0.25, 0.3) is 5.91 Å². The highest BCUT2D eigenvalue weighted by molar-refractivity contribution is 6.31. The second-order valence-electron chi connectivity index (χ2n) is 5.14. The molecule has 2 unspecified atom stereocenters. The van der Waals surface area contributed by atoms with E-state index in [1.54, 1.807) is 4.90 Å². The molecule has 1 amide bonds. The molecular formula is C14H18ClFN2O. The fourth-order valence-corrected chi connectivity index (χ4v) is 2.63. The number of piperidine rings is 1. The van der Waals surface area contributed by atoms with Gasteiger partial charge in [0.1, 0.15) is 5.82 Å². The molecule has 1 heterocycles. The van der Waals surface area contributed by atoms with Crippen LogP contribution in [0.3, 0.4) is 0 Å². The molecule has 1 aliphatic rings. The minimum atomic E-state index is -0.530. The number of hydrogen-bond donors (Lipinski definition) is 1. The van der Waals surface area contributed by atoms with E-state index in [2.05, 4.69) is 0 Å². The van der Waals surface area contributed by atoms with Crippen molar-refractivity contribution in [3.05, 3.63) is 34.6 Å². The van der Waals surface area contributed by atoms with Crippen LogP contribution >= 0.6 is 11.6 Å². The van der Waals surface area contributed by atoms with Crippen LogP contribution in [-0.2, 0) is 0 Å². The minimum Gasteiger partial charge on any atom is -0.338 e. The Bertz CT molecular complexity index is 479. The summed E-state index contributed by atoms with van der Waals surface area (Å²) in [5, 5.41) is 0.366. The molecule has 0 aromatic heterocycles. The molecular weight excluding hydrogens is 267 g/mol. The Kier molecular flexibility index (Phi) is 4.42. The molecule has 104 valence electrons. The van der Waals surface area contributed by atoms with Gasteiger partial charge >= 0.3 is 0 Å². The lowest BCUT2D eigenvalue weighted by Crippen LogP contribution is -2.45. The van der Waals surface area contributed by atoms with E-state index >= 15 is 0 Å². The first-order valence-electron chi connectivity index (χ1n) is 6.49. The van der Waals surface area contributed by atoms with Crippen LogP contribution in [0.5, 0.6) is 0 Å². The van der Waals surface area contributed by atoms with Crippen LogP contribution in [0.2, 0.25) is 5.02 Å². The fraction of sp³-hybridized carbons (Fsp3) is 0.500. The number of carbonyl (C=O) groups excluding carboxylic acids is 1. The second kappa shape index (κ2) is 5.88. The van der Waals surface area contributed by atoms with E-state index in [1.165, 1.54) is 18.2 Å². The first-order chi connectivity index (χ1) is 8.99. The summed E-state index contributed by atoms with van der Waals surface area (Å²) < 4.78 is 13.7. The van der Waals surface area contributed by atoms with Crippen LogP contribution in [0.1, 0.15) is 30.1 Å². The van der Waals surface area contributed by atoms with Gasteiger partial charge in [0.05, 0.1) is 5.56 Å². The highest BCUT2D eigenvalue weighted by atomic mass is 35.5. The maximum atomic E-state index is 13.7. The predicted molar refractivity (Wildman–Crippen MR) is 73.7 cm³/mol. The number of halogens is 2. The van der Waals surface area contributed by atoms with Crippen LogP contribution in [0, 0.1) is 11.7 Å². The molecule has 2 N–H and O–H groups in total. The SMILES string of the molecule is CC(N)C1CCCN(C(=O)c2cc(Cl)ccc2F)C1. The number of hydrogen-bond acceptors (Lipinski definition) is 2. The average Bonchev–Trinajstić information content (AvgIpc) is 2.41. The predicted octanol–water partition coefficient (Wildman–Crippen LogP) is 2.68. The number of rotatable bonds is 2. The number of benzene rings is 1. The van der Waals surface area contributed by atoms with Gasteiger partial charge in [-0.3, -0.25) is 4.79 Å².